The third-order valence-electron chi connectivity index (χ3n) is 2.94. The number of furan rings is 1. The highest BCUT2D eigenvalue weighted by Gasteiger charge is 2.05. The molecule has 2 nitrogen and oxygen atoms in total. The number of benzene rings is 2. The van der Waals surface area contributed by atoms with E-state index in [2.05, 4.69) is 0 Å². The smallest absolute Gasteiger partial charge is 0.146 e. The Morgan fingerprint density at radius 3 is 2.63 bits per heavy atom. The number of aryl methyl sites for hydroxylation is 1. The van der Waals surface area contributed by atoms with Gasteiger partial charge in [-0.2, -0.15) is 0 Å². The first kappa shape index (κ1) is 12.1. The highest BCUT2D eigenvalue weighted by atomic mass is 35.5. The molecule has 0 bridgehead atoms. The third-order valence-corrected chi connectivity index (χ3v) is 3.17. The van der Waals surface area contributed by atoms with Crippen molar-refractivity contribution in [1.82, 2.24) is 0 Å². The van der Waals surface area contributed by atoms with E-state index in [0.717, 1.165) is 22.5 Å². The minimum Gasteiger partial charge on any atom is -0.486 e. The zero-order chi connectivity index (χ0) is 13.2. The van der Waals surface area contributed by atoms with E-state index in [-0.39, 0.29) is 0 Å². The summed E-state index contributed by atoms with van der Waals surface area (Å²) in [6, 6.07) is 15.5. The number of ether oxygens (including phenoxy) is 1. The van der Waals surface area contributed by atoms with Crippen LogP contribution in [0.15, 0.2) is 52.9 Å². The number of rotatable bonds is 3. The molecule has 0 fully saturated rings. The first-order valence-electron chi connectivity index (χ1n) is 6.08. The summed E-state index contributed by atoms with van der Waals surface area (Å²) < 4.78 is 11.4. The fourth-order valence-electron chi connectivity index (χ4n) is 1.92. The van der Waals surface area contributed by atoms with E-state index in [1.807, 2.05) is 55.5 Å². The first-order valence-corrected chi connectivity index (χ1v) is 6.46. The molecule has 0 aliphatic carbocycles. The van der Waals surface area contributed by atoms with Crippen molar-refractivity contribution in [3.8, 4) is 5.75 Å². The van der Waals surface area contributed by atoms with Crippen LogP contribution < -0.4 is 4.74 Å². The predicted molar refractivity (Wildman–Crippen MR) is 76.7 cm³/mol. The van der Waals surface area contributed by atoms with E-state index in [1.165, 1.54) is 5.56 Å². The van der Waals surface area contributed by atoms with Crippen LogP contribution in [0.25, 0.3) is 11.0 Å². The predicted octanol–water partition coefficient (Wildman–Crippen LogP) is 4.97. The highest BCUT2D eigenvalue weighted by Crippen LogP contribution is 2.24. The molecule has 96 valence electrons. The standard InChI is InChI=1S/C16H13ClO2/c1-11-2-6-14(7-3-11)18-10-15-8-12-4-5-13(17)9-16(12)19-15/h2-9H,10H2,1H3. The lowest BCUT2D eigenvalue weighted by atomic mass is 10.2. The Hall–Kier alpha value is -1.93. The third kappa shape index (κ3) is 2.74. The second-order valence-corrected chi connectivity index (χ2v) is 4.93. The molecule has 0 atom stereocenters. The minimum absolute atomic E-state index is 0.412. The van der Waals surface area contributed by atoms with Gasteiger partial charge in [-0.3, -0.25) is 0 Å². The fraction of sp³-hybridized carbons (Fsp3) is 0.125. The molecule has 2 aromatic carbocycles. The molecule has 3 aromatic rings. The molecule has 0 unspecified atom stereocenters. The molecule has 0 aliphatic rings. The summed E-state index contributed by atoms with van der Waals surface area (Å²) in [5.74, 6) is 1.63. The lowest BCUT2D eigenvalue weighted by Crippen LogP contribution is -1.93. The topological polar surface area (TPSA) is 22.4 Å². The molecule has 19 heavy (non-hydrogen) atoms. The van der Waals surface area contributed by atoms with Crippen LogP contribution in [-0.4, -0.2) is 0 Å². The summed E-state index contributed by atoms with van der Waals surface area (Å²) in [7, 11) is 0. The molecular weight excluding hydrogens is 260 g/mol. The van der Waals surface area contributed by atoms with Crippen molar-refractivity contribution < 1.29 is 9.15 Å². The second kappa shape index (κ2) is 4.98. The van der Waals surface area contributed by atoms with Crippen molar-refractivity contribution >= 4 is 22.6 Å². The summed E-state index contributed by atoms with van der Waals surface area (Å²) in [6.45, 7) is 2.46. The van der Waals surface area contributed by atoms with E-state index in [1.54, 1.807) is 0 Å². The van der Waals surface area contributed by atoms with Gasteiger partial charge < -0.3 is 9.15 Å². The van der Waals surface area contributed by atoms with E-state index in [0.29, 0.717) is 11.6 Å². The number of fused-ring (bicyclic) bond motifs is 1. The van der Waals surface area contributed by atoms with Crippen LogP contribution in [0.5, 0.6) is 5.75 Å². The van der Waals surface area contributed by atoms with Crippen LogP contribution in [0.4, 0.5) is 0 Å². The van der Waals surface area contributed by atoms with Gasteiger partial charge in [-0.15, -0.1) is 0 Å². The van der Waals surface area contributed by atoms with Crippen LogP contribution in [0, 0.1) is 6.92 Å². The molecule has 0 spiro atoms. The quantitative estimate of drug-likeness (QED) is 0.671. The van der Waals surface area contributed by atoms with Gasteiger partial charge in [-0.25, -0.2) is 0 Å². The average molecular weight is 273 g/mol. The van der Waals surface area contributed by atoms with Crippen molar-refractivity contribution in [1.29, 1.82) is 0 Å². The van der Waals surface area contributed by atoms with Crippen LogP contribution >= 0.6 is 11.6 Å². The lowest BCUT2D eigenvalue weighted by molar-refractivity contribution is 0.274. The Labute approximate surface area is 116 Å². The van der Waals surface area contributed by atoms with E-state index in [4.69, 9.17) is 20.8 Å². The second-order valence-electron chi connectivity index (χ2n) is 4.50. The largest absolute Gasteiger partial charge is 0.486 e. The van der Waals surface area contributed by atoms with Gasteiger partial charge in [0, 0.05) is 16.5 Å². The van der Waals surface area contributed by atoms with Crippen molar-refractivity contribution in [3.05, 3.63) is 64.9 Å². The van der Waals surface area contributed by atoms with Gasteiger partial charge in [0.15, 0.2) is 0 Å². The van der Waals surface area contributed by atoms with Crippen molar-refractivity contribution in [2.45, 2.75) is 13.5 Å². The van der Waals surface area contributed by atoms with Crippen molar-refractivity contribution in [2.75, 3.05) is 0 Å². The molecule has 0 radical (unpaired) electrons. The zero-order valence-corrected chi connectivity index (χ0v) is 11.3. The van der Waals surface area contributed by atoms with Crippen molar-refractivity contribution in [3.63, 3.8) is 0 Å². The molecule has 1 heterocycles. The molecule has 0 N–H and O–H groups in total. The normalized spacial score (nSPS) is 10.8. The van der Waals surface area contributed by atoms with Crippen LogP contribution in [0.2, 0.25) is 5.02 Å². The van der Waals surface area contributed by atoms with Crippen LogP contribution in [0.1, 0.15) is 11.3 Å². The summed E-state index contributed by atoms with van der Waals surface area (Å²) >= 11 is 5.92. The zero-order valence-electron chi connectivity index (χ0n) is 10.5. The van der Waals surface area contributed by atoms with Crippen LogP contribution in [0.3, 0.4) is 0 Å². The number of halogens is 1. The summed E-state index contributed by atoms with van der Waals surface area (Å²) in [5.41, 5.74) is 2.00. The van der Waals surface area contributed by atoms with E-state index >= 15 is 0 Å². The molecule has 1 aromatic heterocycles. The van der Waals surface area contributed by atoms with Gasteiger partial charge >= 0.3 is 0 Å². The molecule has 3 rings (SSSR count). The van der Waals surface area contributed by atoms with Gasteiger partial charge in [0.2, 0.25) is 0 Å². The Morgan fingerprint density at radius 1 is 1.05 bits per heavy atom. The van der Waals surface area contributed by atoms with Gasteiger partial charge in [0.1, 0.15) is 23.7 Å². The Kier molecular flexibility index (Phi) is 3.18. The maximum absolute atomic E-state index is 5.92. The first-order chi connectivity index (χ1) is 9.20. The Balaban J connectivity index is 1.76. The van der Waals surface area contributed by atoms with Gasteiger partial charge in [0.25, 0.3) is 0 Å². The lowest BCUT2D eigenvalue weighted by Gasteiger charge is -2.03. The SMILES string of the molecule is Cc1ccc(OCc2cc3ccc(Cl)cc3o2)cc1. The minimum atomic E-state index is 0.412. The van der Waals surface area contributed by atoms with Gasteiger partial charge in [-0.05, 0) is 37.3 Å². The molecule has 3 heteroatoms. The van der Waals surface area contributed by atoms with E-state index < -0.39 is 0 Å². The molecule has 0 amide bonds. The molecular formula is C16H13ClO2. The van der Waals surface area contributed by atoms with Crippen LogP contribution in [-0.2, 0) is 6.61 Å². The van der Waals surface area contributed by atoms with Gasteiger partial charge in [-0.1, -0.05) is 29.3 Å². The molecule has 0 aliphatic heterocycles. The number of hydrogen-bond donors (Lipinski definition) is 0. The van der Waals surface area contributed by atoms with E-state index in [9.17, 15) is 0 Å². The Morgan fingerprint density at radius 2 is 1.84 bits per heavy atom. The molecule has 0 saturated carbocycles. The summed E-state index contributed by atoms with van der Waals surface area (Å²) in [5, 5.41) is 1.71. The monoisotopic (exact) mass is 272 g/mol. The maximum atomic E-state index is 5.92. The average Bonchev–Trinajstić information content (AvgIpc) is 2.80. The molecule has 0 saturated heterocycles. The summed E-state index contributed by atoms with van der Waals surface area (Å²) in [6.07, 6.45) is 0. The summed E-state index contributed by atoms with van der Waals surface area (Å²) in [4.78, 5) is 0. The van der Waals surface area contributed by atoms with Gasteiger partial charge in [0.05, 0.1) is 0 Å². The highest BCUT2D eigenvalue weighted by molar-refractivity contribution is 6.31. The maximum Gasteiger partial charge on any atom is 0.146 e. The fourth-order valence-corrected chi connectivity index (χ4v) is 2.08. The Bertz CT molecular complexity index is 698. The van der Waals surface area contributed by atoms with Crippen molar-refractivity contribution in [2.24, 2.45) is 0 Å². The number of hydrogen-bond acceptors (Lipinski definition) is 2.